The Kier molecular flexibility index (Phi) is 9.95. The monoisotopic (exact) mass is 636 g/mol. The van der Waals surface area contributed by atoms with Gasteiger partial charge in [-0.05, 0) is 54.3 Å². The van der Waals surface area contributed by atoms with Gasteiger partial charge in [0.15, 0.2) is 29.2 Å². The Morgan fingerprint density at radius 2 is 1.76 bits per heavy atom. The second kappa shape index (κ2) is 14.2. The number of carbonyl (C=O) groups excluding carboxylic acids is 1. The highest BCUT2D eigenvalue weighted by molar-refractivity contribution is 5.80. The average molecular weight is 637 g/mol. The van der Waals surface area contributed by atoms with Gasteiger partial charge in [-0.15, -0.1) is 0 Å². The van der Waals surface area contributed by atoms with E-state index in [1.807, 2.05) is 6.07 Å². The zero-order chi connectivity index (χ0) is 32.8. The van der Waals surface area contributed by atoms with Crippen molar-refractivity contribution in [3.63, 3.8) is 0 Å². The second-order valence-corrected chi connectivity index (χ2v) is 10.9. The number of nitriles is 1. The molecule has 1 aromatic heterocycles. The smallest absolute Gasteiger partial charge is 0.332 e. The maximum absolute atomic E-state index is 15.2. The SMILES string of the molecule is COc1cc(Cn2c(=O)c3cc(OC(CF)CF)c(F)cc3n(C3CCN(C=O)CC3)c2=O)ccc1OCc1cccc(C#N)c1. The first kappa shape index (κ1) is 32.2. The van der Waals surface area contributed by atoms with E-state index >= 15 is 4.39 Å². The number of ether oxygens (including phenoxy) is 3. The lowest BCUT2D eigenvalue weighted by molar-refractivity contribution is -0.119. The molecule has 1 fully saturated rings. The molecule has 1 aliphatic heterocycles. The molecule has 1 saturated heterocycles. The first-order chi connectivity index (χ1) is 22.3. The van der Waals surface area contributed by atoms with Crippen molar-refractivity contribution in [2.24, 2.45) is 0 Å². The van der Waals surface area contributed by atoms with Crippen molar-refractivity contribution in [3.8, 4) is 23.3 Å². The van der Waals surface area contributed by atoms with E-state index in [-0.39, 0.29) is 24.1 Å². The van der Waals surface area contributed by atoms with Gasteiger partial charge in [0.25, 0.3) is 5.56 Å². The van der Waals surface area contributed by atoms with Gasteiger partial charge in [-0.3, -0.25) is 18.7 Å². The molecule has 0 atom stereocenters. The number of aromatic nitrogens is 2. The van der Waals surface area contributed by atoms with E-state index in [2.05, 4.69) is 6.07 Å². The molecule has 0 unspecified atom stereocenters. The summed E-state index contributed by atoms with van der Waals surface area (Å²) in [6.07, 6.45) is -0.0718. The number of methoxy groups -OCH3 is 1. The van der Waals surface area contributed by atoms with Gasteiger partial charge in [-0.1, -0.05) is 18.2 Å². The van der Waals surface area contributed by atoms with E-state index in [1.54, 1.807) is 41.3 Å². The fraction of sp³-hybridized carbons (Fsp3) is 0.333. The number of nitrogens with zero attached hydrogens (tertiary/aromatic N) is 4. The molecular formula is C33H31F3N4O6. The second-order valence-electron chi connectivity index (χ2n) is 10.9. The summed E-state index contributed by atoms with van der Waals surface area (Å²) in [4.78, 5) is 40.6. The molecular weight excluding hydrogens is 605 g/mol. The fourth-order valence-electron chi connectivity index (χ4n) is 5.50. The number of rotatable bonds is 12. The number of halogens is 3. The highest BCUT2D eigenvalue weighted by atomic mass is 19.1. The zero-order valence-electron chi connectivity index (χ0n) is 25.0. The lowest BCUT2D eigenvalue weighted by Gasteiger charge is -2.31. The average Bonchev–Trinajstić information content (AvgIpc) is 3.09. The van der Waals surface area contributed by atoms with E-state index in [4.69, 9.17) is 19.5 Å². The standard InChI is InChI=1S/C33H31F3N4O6/c1-44-31-12-22(5-6-29(31)45-19-23-4-2-3-21(11-23)17-37)18-39-32(42)26-13-30(46-25(15-34)16-35)27(36)14-28(26)40(33(39)43)24-7-9-38(20-41)10-8-24/h2-6,11-14,20,24-25H,7-10,15-16,18-19H2,1H3. The lowest BCUT2D eigenvalue weighted by Crippen LogP contribution is -2.44. The highest BCUT2D eigenvalue weighted by Crippen LogP contribution is 2.31. The molecule has 0 spiro atoms. The Bertz CT molecular complexity index is 1890. The van der Waals surface area contributed by atoms with Crippen LogP contribution in [0.3, 0.4) is 0 Å². The third kappa shape index (κ3) is 6.71. The van der Waals surface area contributed by atoms with Gasteiger partial charge in [0.2, 0.25) is 6.41 Å². The molecule has 0 radical (unpaired) electrons. The summed E-state index contributed by atoms with van der Waals surface area (Å²) in [7, 11) is 1.45. The van der Waals surface area contributed by atoms with Crippen molar-refractivity contribution in [3.05, 3.63) is 97.9 Å². The summed E-state index contributed by atoms with van der Waals surface area (Å²) in [5.74, 6) is -0.757. The molecule has 240 valence electrons. The van der Waals surface area contributed by atoms with E-state index in [0.29, 0.717) is 48.6 Å². The van der Waals surface area contributed by atoms with Crippen molar-refractivity contribution >= 4 is 17.3 Å². The minimum absolute atomic E-state index is 0.0134. The minimum Gasteiger partial charge on any atom is -0.493 e. The first-order valence-electron chi connectivity index (χ1n) is 14.5. The number of fused-ring (bicyclic) bond motifs is 1. The summed E-state index contributed by atoms with van der Waals surface area (Å²) in [6.45, 7) is -1.72. The van der Waals surface area contributed by atoms with Crippen LogP contribution in [-0.2, 0) is 17.9 Å². The van der Waals surface area contributed by atoms with Crippen LogP contribution in [0.25, 0.3) is 10.9 Å². The molecule has 46 heavy (non-hydrogen) atoms. The van der Waals surface area contributed by atoms with Crippen molar-refractivity contribution in [2.75, 3.05) is 33.5 Å². The molecule has 1 amide bonds. The van der Waals surface area contributed by atoms with Crippen LogP contribution in [-0.4, -0.2) is 60.1 Å². The number of carbonyl (C=O) groups is 1. The maximum Gasteiger partial charge on any atom is 0.332 e. The van der Waals surface area contributed by atoms with Gasteiger partial charge in [0, 0.05) is 25.2 Å². The maximum atomic E-state index is 15.2. The summed E-state index contributed by atoms with van der Waals surface area (Å²) in [5, 5.41) is 9.08. The van der Waals surface area contributed by atoms with Crippen LogP contribution in [0.2, 0.25) is 0 Å². The largest absolute Gasteiger partial charge is 0.493 e. The molecule has 0 bridgehead atoms. The van der Waals surface area contributed by atoms with E-state index < -0.39 is 48.3 Å². The van der Waals surface area contributed by atoms with Crippen LogP contribution in [0.4, 0.5) is 13.2 Å². The molecule has 0 saturated carbocycles. The van der Waals surface area contributed by atoms with Crippen molar-refractivity contribution in [2.45, 2.75) is 38.1 Å². The molecule has 2 heterocycles. The normalized spacial score (nSPS) is 13.5. The molecule has 10 nitrogen and oxygen atoms in total. The number of piperidine rings is 1. The topological polar surface area (TPSA) is 116 Å². The molecule has 5 rings (SSSR count). The highest BCUT2D eigenvalue weighted by Gasteiger charge is 2.26. The summed E-state index contributed by atoms with van der Waals surface area (Å²) in [6, 6.07) is 15.5. The number of alkyl halides is 2. The lowest BCUT2D eigenvalue weighted by atomic mass is 10.0. The van der Waals surface area contributed by atoms with Crippen molar-refractivity contribution in [1.82, 2.24) is 14.0 Å². The summed E-state index contributed by atoms with van der Waals surface area (Å²) < 4.78 is 60.5. The quantitative estimate of drug-likeness (QED) is 0.213. The van der Waals surface area contributed by atoms with Crippen LogP contribution in [0.15, 0.2) is 64.2 Å². The Morgan fingerprint density at radius 1 is 1.00 bits per heavy atom. The molecule has 0 aliphatic carbocycles. The van der Waals surface area contributed by atoms with Crippen molar-refractivity contribution < 1.29 is 32.2 Å². The third-order valence-electron chi connectivity index (χ3n) is 7.89. The van der Waals surface area contributed by atoms with Crippen LogP contribution in [0.5, 0.6) is 17.2 Å². The Labute approximate surface area is 261 Å². The summed E-state index contributed by atoms with van der Waals surface area (Å²) >= 11 is 0. The molecule has 0 N–H and O–H groups in total. The summed E-state index contributed by atoms with van der Waals surface area (Å²) in [5.41, 5.74) is 0.369. The predicted molar refractivity (Wildman–Crippen MR) is 162 cm³/mol. The third-order valence-corrected chi connectivity index (χ3v) is 7.89. The number of amides is 1. The number of hydrogen-bond donors (Lipinski definition) is 0. The van der Waals surface area contributed by atoms with E-state index in [1.165, 1.54) is 11.7 Å². The molecule has 3 aromatic carbocycles. The Morgan fingerprint density at radius 3 is 2.43 bits per heavy atom. The Balaban J connectivity index is 1.54. The van der Waals surface area contributed by atoms with Gasteiger partial charge in [0.05, 0.1) is 36.2 Å². The van der Waals surface area contributed by atoms with Gasteiger partial charge >= 0.3 is 5.69 Å². The first-order valence-corrected chi connectivity index (χ1v) is 14.5. The number of likely N-dealkylation sites (tertiary alicyclic amines) is 1. The molecule has 13 heteroatoms. The number of benzene rings is 3. The zero-order valence-corrected chi connectivity index (χ0v) is 25.0. The minimum atomic E-state index is -1.56. The van der Waals surface area contributed by atoms with Crippen LogP contribution in [0, 0.1) is 17.1 Å². The molecule has 4 aromatic rings. The van der Waals surface area contributed by atoms with Gasteiger partial charge in [0.1, 0.15) is 20.0 Å². The van der Waals surface area contributed by atoms with Gasteiger partial charge in [-0.2, -0.15) is 5.26 Å². The fourth-order valence-corrected chi connectivity index (χ4v) is 5.50. The van der Waals surface area contributed by atoms with E-state index in [9.17, 15) is 23.2 Å². The van der Waals surface area contributed by atoms with Crippen LogP contribution >= 0.6 is 0 Å². The van der Waals surface area contributed by atoms with Crippen LogP contribution in [0.1, 0.15) is 35.6 Å². The van der Waals surface area contributed by atoms with E-state index in [0.717, 1.165) is 28.7 Å². The van der Waals surface area contributed by atoms with Gasteiger partial charge in [-0.25, -0.2) is 18.0 Å². The molecule has 1 aliphatic rings. The van der Waals surface area contributed by atoms with Gasteiger partial charge < -0.3 is 19.1 Å². The van der Waals surface area contributed by atoms with Crippen molar-refractivity contribution in [1.29, 1.82) is 5.26 Å². The Hall–Kier alpha value is -5.25. The van der Waals surface area contributed by atoms with Crippen LogP contribution < -0.4 is 25.5 Å². The predicted octanol–water partition coefficient (Wildman–Crippen LogP) is 4.29. The number of hydrogen-bond acceptors (Lipinski definition) is 7.